The summed E-state index contributed by atoms with van der Waals surface area (Å²) in [6.07, 6.45) is 2.00. The van der Waals surface area contributed by atoms with E-state index in [4.69, 9.17) is 11.6 Å². The molecule has 6 nitrogen and oxygen atoms in total. The van der Waals surface area contributed by atoms with Gasteiger partial charge in [-0.05, 0) is 50.2 Å². The topological polar surface area (TPSA) is 71.0 Å². The quantitative estimate of drug-likeness (QED) is 0.521. The van der Waals surface area contributed by atoms with Crippen LogP contribution in [0, 0.1) is 0 Å². The van der Waals surface area contributed by atoms with E-state index in [1.54, 1.807) is 30.3 Å². The van der Waals surface area contributed by atoms with E-state index in [-0.39, 0.29) is 18.5 Å². The summed E-state index contributed by atoms with van der Waals surface area (Å²) in [4.78, 5) is 26.5. The van der Waals surface area contributed by atoms with E-state index in [0.29, 0.717) is 27.2 Å². The molecule has 0 saturated carbocycles. The highest BCUT2D eigenvalue weighted by atomic mass is 35.5. The molecule has 33 heavy (non-hydrogen) atoms. The van der Waals surface area contributed by atoms with Gasteiger partial charge in [-0.25, -0.2) is 15.0 Å². The van der Waals surface area contributed by atoms with E-state index in [1.165, 1.54) is 12.4 Å². The fourth-order valence-electron chi connectivity index (χ4n) is 4.13. The zero-order valence-corrected chi connectivity index (χ0v) is 18.5. The molecule has 0 spiro atoms. The third kappa shape index (κ3) is 5.59. The molecule has 174 valence electrons. The Morgan fingerprint density at radius 2 is 1.76 bits per heavy atom. The standard InChI is InChI=1S/C23H23ClF3N5O/c24-20-9-8-16-17(6-5-7-18(16)31-20)21(33)28-14-19(32-10-3-1-2-4-11-32)15-12-29-22(30-13-15)23(25,26)27/h5-9,12-13,19H,1-4,10-11,14H2,(H,28,33). The van der Waals surface area contributed by atoms with Crippen LogP contribution < -0.4 is 5.32 Å². The summed E-state index contributed by atoms with van der Waals surface area (Å²) in [5.41, 5.74) is 1.60. The van der Waals surface area contributed by atoms with Gasteiger partial charge in [0.2, 0.25) is 5.82 Å². The van der Waals surface area contributed by atoms with E-state index in [0.717, 1.165) is 38.8 Å². The van der Waals surface area contributed by atoms with Gasteiger partial charge in [0.1, 0.15) is 5.15 Å². The van der Waals surface area contributed by atoms with Gasteiger partial charge in [0.15, 0.2) is 0 Å². The molecule has 4 rings (SSSR count). The number of carbonyl (C=O) groups excluding carboxylic acids is 1. The Bertz CT molecular complexity index is 1120. The van der Waals surface area contributed by atoms with Crippen LogP contribution in [0.2, 0.25) is 5.15 Å². The van der Waals surface area contributed by atoms with Crippen molar-refractivity contribution in [2.45, 2.75) is 37.9 Å². The fraction of sp³-hybridized carbons (Fsp3) is 0.391. The molecule has 1 fully saturated rings. The Morgan fingerprint density at radius 1 is 1.06 bits per heavy atom. The van der Waals surface area contributed by atoms with Crippen molar-refractivity contribution in [2.75, 3.05) is 19.6 Å². The molecule has 10 heteroatoms. The second-order valence-electron chi connectivity index (χ2n) is 8.02. The van der Waals surface area contributed by atoms with Crippen LogP contribution in [0.3, 0.4) is 0 Å². The molecule has 1 N–H and O–H groups in total. The molecule has 1 amide bonds. The number of alkyl halides is 3. The van der Waals surface area contributed by atoms with Crippen LogP contribution in [0.15, 0.2) is 42.7 Å². The van der Waals surface area contributed by atoms with Crippen molar-refractivity contribution >= 4 is 28.4 Å². The predicted molar refractivity (Wildman–Crippen MR) is 119 cm³/mol. The first-order valence-electron chi connectivity index (χ1n) is 10.8. The number of pyridine rings is 1. The number of benzene rings is 1. The van der Waals surface area contributed by atoms with Gasteiger partial charge < -0.3 is 5.32 Å². The fourth-order valence-corrected chi connectivity index (χ4v) is 4.29. The van der Waals surface area contributed by atoms with Gasteiger partial charge in [0.05, 0.1) is 11.6 Å². The summed E-state index contributed by atoms with van der Waals surface area (Å²) in [7, 11) is 0. The van der Waals surface area contributed by atoms with Crippen LogP contribution in [0.1, 0.15) is 53.5 Å². The highest BCUT2D eigenvalue weighted by Gasteiger charge is 2.35. The average molecular weight is 478 g/mol. The Hall–Kier alpha value is -2.78. The maximum Gasteiger partial charge on any atom is 0.451 e. The van der Waals surface area contributed by atoms with Crippen LogP contribution >= 0.6 is 11.6 Å². The minimum atomic E-state index is -4.60. The summed E-state index contributed by atoms with van der Waals surface area (Å²) in [6, 6.07) is 8.25. The third-order valence-electron chi connectivity index (χ3n) is 5.79. The predicted octanol–water partition coefficient (Wildman–Crippen LogP) is 5.04. The summed E-state index contributed by atoms with van der Waals surface area (Å²) < 4.78 is 38.8. The number of fused-ring (bicyclic) bond motifs is 1. The van der Waals surface area contributed by atoms with Gasteiger partial charge in [-0.15, -0.1) is 0 Å². The number of rotatable bonds is 5. The largest absolute Gasteiger partial charge is 0.451 e. The van der Waals surface area contributed by atoms with E-state index in [2.05, 4.69) is 25.2 Å². The molecule has 0 radical (unpaired) electrons. The van der Waals surface area contributed by atoms with Gasteiger partial charge in [-0.2, -0.15) is 13.2 Å². The Balaban J connectivity index is 1.57. The first kappa shape index (κ1) is 23.4. The minimum Gasteiger partial charge on any atom is -0.350 e. The lowest BCUT2D eigenvalue weighted by Gasteiger charge is -2.31. The molecular formula is C23H23ClF3N5O. The second-order valence-corrected chi connectivity index (χ2v) is 8.41. The van der Waals surface area contributed by atoms with Crippen molar-refractivity contribution in [3.05, 3.63) is 64.8 Å². The average Bonchev–Trinajstić information content (AvgIpc) is 3.08. The first-order valence-corrected chi connectivity index (χ1v) is 11.2. The third-order valence-corrected chi connectivity index (χ3v) is 6.00. The molecule has 1 saturated heterocycles. The molecule has 1 aliphatic heterocycles. The van der Waals surface area contributed by atoms with Gasteiger partial charge in [-0.3, -0.25) is 9.69 Å². The Kier molecular flexibility index (Phi) is 7.09. The van der Waals surface area contributed by atoms with Gasteiger partial charge in [0.25, 0.3) is 5.91 Å². The highest BCUT2D eigenvalue weighted by Crippen LogP contribution is 2.28. The Morgan fingerprint density at radius 3 is 2.42 bits per heavy atom. The highest BCUT2D eigenvalue weighted by molar-refractivity contribution is 6.29. The van der Waals surface area contributed by atoms with E-state index < -0.39 is 12.0 Å². The number of likely N-dealkylation sites (tertiary alicyclic amines) is 1. The number of carbonyl (C=O) groups is 1. The van der Waals surface area contributed by atoms with Crippen LogP contribution in [-0.4, -0.2) is 45.4 Å². The minimum absolute atomic E-state index is 0.213. The smallest absolute Gasteiger partial charge is 0.350 e. The van der Waals surface area contributed by atoms with Gasteiger partial charge in [-0.1, -0.05) is 30.5 Å². The molecule has 0 aliphatic carbocycles. The van der Waals surface area contributed by atoms with Crippen molar-refractivity contribution in [1.29, 1.82) is 0 Å². The van der Waals surface area contributed by atoms with Crippen LogP contribution in [0.5, 0.6) is 0 Å². The van der Waals surface area contributed by atoms with Gasteiger partial charge >= 0.3 is 6.18 Å². The van der Waals surface area contributed by atoms with E-state index >= 15 is 0 Å². The van der Waals surface area contributed by atoms with Crippen molar-refractivity contribution in [3.8, 4) is 0 Å². The Labute approximate surface area is 194 Å². The first-order chi connectivity index (χ1) is 15.8. The van der Waals surface area contributed by atoms with Crippen LogP contribution in [0.4, 0.5) is 13.2 Å². The number of hydrogen-bond acceptors (Lipinski definition) is 5. The lowest BCUT2D eigenvalue weighted by molar-refractivity contribution is -0.145. The zero-order valence-electron chi connectivity index (χ0n) is 17.8. The summed E-state index contributed by atoms with van der Waals surface area (Å²) in [6.45, 7) is 1.79. The SMILES string of the molecule is O=C(NCC(c1cnc(C(F)(F)F)nc1)N1CCCCCC1)c1cccc2nc(Cl)ccc12. The monoisotopic (exact) mass is 477 g/mol. The van der Waals surface area contributed by atoms with Gasteiger partial charge in [0, 0.05) is 35.5 Å². The number of aromatic nitrogens is 3. The molecule has 1 aromatic carbocycles. The normalized spacial score (nSPS) is 16.4. The molecule has 1 unspecified atom stereocenters. The maximum absolute atomic E-state index is 13.0. The molecule has 1 atom stereocenters. The lowest BCUT2D eigenvalue weighted by atomic mass is 10.1. The van der Waals surface area contributed by atoms with Crippen LogP contribution in [-0.2, 0) is 6.18 Å². The maximum atomic E-state index is 13.0. The van der Waals surface area contributed by atoms with E-state index in [1.807, 2.05) is 0 Å². The molecule has 3 heterocycles. The number of nitrogens with zero attached hydrogens (tertiary/aromatic N) is 4. The number of amides is 1. The lowest BCUT2D eigenvalue weighted by Crippen LogP contribution is -2.39. The molecular weight excluding hydrogens is 455 g/mol. The number of nitrogens with one attached hydrogen (secondary N) is 1. The summed E-state index contributed by atoms with van der Waals surface area (Å²) in [5, 5.41) is 3.95. The van der Waals surface area contributed by atoms with Crippen molar-refractivity contribution < 1.29 is 18.0 Å². The molecule has 0 bridgehead atoms. The molecule has 3 aromatic rings. The summed E-state index contributed by atoms with van der Waals surface area (Å²) >= 11 is 5.96. The molecule has 1 aliphatic rings. The van der Waals surface area contributed by atoms with E-state index in [9.17, 15) is 18.0 Å². The second kappa shape index (κ2) is 10.0. The van der Waals surface area contributed by atoms with Crippen molar-refractivity contribution in [1.82, 2.24) is 25.2 Å². The summed E-state index contributed by atoms with van der Waals surface area (Å²) in [5.74, 6) is -1.47. The van der Waals surface area contributed by atoms with Crippen molar-refractivity contribution in [2.24, 2.45) is 0 Å². The number of hydrogen-bond donors (Lipinski definition) is 1. The number of halogens is 4. The molecule has 2 aromatic heterocycles. The van der Waals surface area contributed by atoms with Crippen LogP contribution in [0.25, 0.3) is 10.9 Å². The van der Waals surface area contributed by atoms with Crippen molar-refractivity contribution in [3.63, 3.8) is 0 Å². The zero-order chi connectivity index (χ0) is 23.4.